The summed E-state index contributed by atoms with van der Waals surface area (Å²) in [5.41, 5.74) is 2.15. The molecule has 1 heterocycles. The maximum Gasteiger partial charge on any atom is 0.233 e. The second kappa shape index (κ2) is 8.44. The van der Waals surface area contributed by atoms with Crippen LogP contribution < -0.4 is 11.3 Å². The summed E-state index contributed by atoms with van der Waals surface area (Å²) in [5, 5.41) is 8.84. The molecule has 1 fully saturated rings. The first-order valence-corrected chi connectivity index (χ1v) is 6.62. The second-order valence-electron chi connectivity index (χ2n) is 4.72. The van der Waals surface area contributed by atoms with Gasteiger partial charge in [0, 0.05) is 19.1 Å². The molecular weight excluding hydrogens is 218 g/mol. The average Bonchev–Trinajstić information content (AvgIpc) is 2.79. The normalized spacial score (nSPS) is 20.7. The number of hydrogen-bond donors (Lipinski definition) is 3. The Labute approximate surface area is 103 Å². The van der Waals surface area contributed by atoms with Gasteiger partial charge in [0.2, 0.25) is 5.91 Å². The van der Waals surface area contributed by atoms with Crippen LogP contribution in [-0.2, 0) is 4.79 Å². The SMILES string of the molecule is NNC(=O)CCCCN1CCCC1CCCO. The van der Waals surface area contributed by atoms with E-state index in [0.717, 1.165) is 32.2 Å². The van der Waals surface area contributed by atoms with Crippen LogP contribution in [0.2, 0.25) is 0 Å². The molecule has 0 spiro atoms. The van der Waals surface area contributed by atoms with Gasteiger partial charge in [-0.3, -0.25) is 10.2 Å². The van der Waals surface area contributed by atoms with Crippen molar-refractivity contribution in [1.29, 1.82) is 0 Å². The lowest BCUT2D eigenvalue weighted by molar-refractivity contribution is -0.121. The van der Waals surface area contributed by atoms with Crippen LogP contribution >= 0.6 is 0 Å². The quantitative estimate of drug-likeness (QED) is 0.249. The molecule has 1 atom stereocenters. The summed E-state index contributed by atoms with van der Waals surface area (Å²) >= 11 is 0. The topological polar surface area (TPSA) is 78.6 Å². The zero-order valence-electron chi connectivity index (χ0n) is 10.5. The molecule has 0 aliphatic carbocycles. The maximum absolute atomic E-state index is 10.9. The number of aliphatic hydroxyl groups is 1. The average molecular weight is 243 g/mol. The number of unbranched alkanes of at least 4 members (excludes halogenated alkanes) is 1. The van der Waals surface area contributed by atoms with Gasteiger partial charge < -0.3 is 10.0 Å². The van der Waals surface area contributed by atoms with Gasteiger partial charge in [-0.05, 0) is 51.6 Å². The molecule has 0 radical (unpaired) electrons. The Hall–Kier alpha value is -0.650. The van der Waals surface area contributed by atoms with Gasteiger partial charge in [-0.1, -0.05) is 0 Å². The molecule has 17 heavy (non-hydrogen) atoms. The van der Waals surface area contributed by atoms with Crippen molar-refractivity contribution in [2.45, 2.75) is 51.0 Å². The lowest BCUT2D eigenvalue weighted by atomic mass is 10.1. The fraction of sp³-hybridized carbons (Fsp3) is 0.917. The van der Waals surface area contributed by atoms with E-state index in [1.807, 2.05) is 0 Å². The predicted molar refractivity (Wildman–Crippen MR) is 67.1 cm³/mol. The fourth-order valence-electron chi connectivity index (χ4n) is 2.52. The minimum atomic E-state index is -0.0803. The van der Waals surface area contributed by atoms with Crippen molar-refractivity contribution in [3.8, 4) is 0 Å². The number of nitrogens with zero attached hydrogens (tertiary/aromatic N) is 1. The number of nitrogens with two attached hydrogens (primary N) is 1. The molecule has 1 amide bonds. The Morgan fingerprint density at radius 3 is 2.94 bits per heavy atom. The van der Waals surface area contributed by atoms with Crippen LogP contribution in [0.1, 0.15) is 44.9 Å². The molecule has 1 saturated heterocycles. The minimum absolute atomic E-state index is 0.0803. The molecule has 0 bridgehead atoms. The van der Waals surface area contributed by atoms with Crippen LogP contribution in [0.5, 0.6) is 0 Å². The van der Waals surface area contributed by atoms with E-state index < -0.39 is 0 Å². The lowest BCUT2D eigenvalue weighted by Gasteiger charge is -2.24. The molecular formula is C12H25N3O2. The van der Waals surface area contributed by atoms with Crippen LogP contribution in [0.25, 0.3) is 0 Å². The van der Waals surface area contributed by atoms with E-state index >= 15 is 0 Å². The Balaban J connectivity index is 2.10. The molecule has 0 saturated carbocycles. The third-order valence-electron chi connectivity index (χ3n) is 3.45. The molecule has 4 N–H and O–H groups in total. The number of nitrogens with one attached hydrogen (secondary N) is 1. The molecule has 1 aliphatic rings. The molecule has 100 valence electrons. The summed E-state index contributed by atoms with van der Waals surface area (Å²) in [5.74, 6) is 4.94. The zero-order chi connectivity index (χ0) is 12.5. The smallest absolute Gasteiger partial charge is 0.233 e. The molecule has 0 aromatic heterocycles. The first-order valence-electron chi connectivity index (χ1n) is 6.62. The van der Waals surface area contributed by atoms with E-state index in [1.54, 1.807) is 0 Å². The number of rotatable bonds is 8. The third-order valence-corrected chi connectivity index (χ3v) is 3.45. The van der Waals surface area contributed by atoms with Gasteiger partial charge in [0.25, 0.3) is 0 Å². The highest BCUT2D eigenvalue weighted by Crippen LogP contribution is 2.21. The highest BCUT2D eigenvalue weighted by molar-refractivity contribution is 5.75. The minimum Gasteiger partial charge on any atom is -0.396 e. The molecule has 5 heteroatoms. The van der Waals surface area contributed by atoms with Gasteiger partial charge in [-0.15, -0.1) is 0 Å². The molecule has 0 aromatic carbocycles. The Bertz CT molecular complexity index is 224. The number of aliphatic hydroxyl groups excluding tert-OH is 1. The highest BCUT2D eigenvalue weighted by atomic mass is 16.2. The molecule has 5 nitrogen and oxygen atoms in total. The predicted octanol–water partition coefficient (Wildman–Crippen LogP) is 0.383. The summed E-state index contributed by atoms with van der Waals surface area (Å²) in [7, 11) is 0. The number of amides is 1. The van der Waals surface area contributed by atoms with Crippen molar-refractivity contribution in [3.05, 3.63) is 0 Å². The maximum atomic E-state index is 10.9. The van der Waals surface area contributed by atoms with Gasteiger partial charge in [-0.25, -0.2) is 5.84 Å². The summed E-state index contributed by atoms with van der Waals surface area (Å²) in [4.78, 5) is 13.4. The van der Waals surface area contributed by atoms with Crippen LogP contribution in [0.3, 0.4) is 0 Å². The van der Waals surface area contributed by atoms with Gasteiger partial charge in [-0.2, -0.15) is 0 Å². The number of likely N-dealkylation sites (tertiary alicyclic amines) is 1. The zero-order valence-corrected chi connectivity index (χ0v) is 10.5. The molecule has 0 aromatic rings. The number of carbonyl (C=O) groups is 1. The first-order chi connectivity index (χ1) is 8.27. The van der Waals surface area contributed by atoms with Crippen molar-refractivity contribution < 1.29 is 9.90 Å². The molecule has 1 rings (SSSR count). The van der Waals surface area contributed by atoms with E-state index in [4.69, 9.17) is 10.9 Å². The summed E-state index contributed by atoms with van der Waals surface area (Å²) in [6, 6.07) is 0.644. The van der Waals surface area contributed by atoms with E-state index in [0.29, 0.717) is 19.1 Å². The first kappa shape index (κ1) is 14.4. The van der Waals surface area contributed by atoms with E-state index in [9.17, 15) is 4.79 Å². The van der Waals surface area contributed by atoms with Gasteiger partial charge in [0.05, 0.1) is 0 Å². The monoisotopic (exact) mass is 243 g/mol. The van der Waals surface area contributed by atoms with Crippen molar-refractivity contribution >= 4 is 5.91 Å². The summed E-state index contributed by atoms with van der Waals surface area (Å²) in [6.45, 7) is 2.52. The van der Waals surface area contributed by atoms with Crippen molar-refractivity contribution in [2.75, 3.05) is 19.7 Å². The van der Waals surface area contributed by atoms with Crippen molar-refractivity contribution in [1.82, 2.24) is 10.3 Å². The second-order valence-corrected chi connectivity index (χ2v) is 4.72. The van der Waals surface area contributed by atoms with Crippen LogP contribution in [-0.4, -0.2) is 41.7 Å². The van der Waals surface area contributed by atoms with Gasteiger partial charge in [0.1, 0.15) is 0 Å². The van der Waals surface area contributed by atoms with Crippen LogP contribution in [0, 0.1) is 0 Å². The van der Waals surface area contributed by atoms with Crippen molar-refractivity contribution in [3.63, 3.8) is 0 Å². The number of hydrazine groups is 1. The number of hydrogen-bond acceptors (Lipinski definition) is 4. The lowest BCUT2D eigenvalue weighted by Crippen LogP contribution is -2.31. The standard InChI is InChI=1S/C12H25N3O2/c13-14-12(17)7-1-2-8-15-9-3-5-11(15)6-4-10-16/h11,16H,1-10,13H2,(H,14,17). The third kappa shape index (κ3) is 5.48. The van der Waals surface area contributed by atoms with Crippen molar-refractivity contribution in [2.24, 2.45) is 5.84 Å². The van der Waals surface area contributed by atoms with Gasteiger partial charge >= 0.3 is 0 Å². The summed E-state index contributed by atoms with van der Waals surface area (Å²) < 4.78 is 0. The Morgan fingerprint density at radius 2 is 2.24 bits per heavy atom. The Morgan fingerprint density at radius 1 is 1.41 bits per heavy atom. The van der Waals surface area contributed by atoms with Crippen LogP contribution in [0.15, 0.2) is 0 Å². The van der Waals surface area contributed by atoms with Crippen LogP contribution in [0.4, 0.5) is 0 Å². The highest BCUT2D eigenvalue weighted by Gasteiger charge is 2.22. The molecule has 1 unspecified atom stereocenters. The Kier molecular flexibility index (Phi) is 7.16. The summed E-state index contributed by atoms with van der Waals surface area (Å²) in [6.07, 6.45) is 6.97. The van der Waals surface area contributed by atoms with E-state index in [1.165, 1.54) is 19.4 Å². The van der Waals surface area contributed by atoms with E-state index in [2.05, 4.69) is 10.3 Å². The largest absolute Gasteiger partial charge is 0.396 e. The van der Waals surface area contributed by atoms with E-state index in [-0.39, 0.29) is 5.91 Å². The fourth-order valence-corrected chi connectivity index (χ4v) is 2.52. The number of carbonyl (C=O) groups excluding carboxylic acids is 1. The molecule has 1 aliphatic heterocycles. The van der Waals surface area contributed by atoms with Gasteiger partial charge in [0.15, 0.2) is 0 Å².